The summed E-state index contributed by atoms with van der Waals surface area (Å²) in [5.74, 6) is -1.25. The first-order valence-electron chi connectivity index (χ1n) is 5.25. The van der Waals surface area contributed by atoms with Crippen molar-refractivity contribution in [2.24, 2.45) is 0 Å². The Hall–Kier alpha value is -1.62. The SMILES string of the molecule is Cc1cc(Nc2ccc(F)cc2F)c(Br)cc1N. The molecule has 0 unspecified atom stereocenters. The second-order valence-corrected chi connectivity index (χ2v) is 4.79. The highest BCUT2D eigenvalue weighted by atomic mass is 79.9. The third-order valence-electron chi connectivity index (χ3n) is 2.56. The van der Waals surface area contributed by atoms with E-state index in [4.69, 9.17) is 5.73 Å². The van der Waals surface area contributed by atoms with Gasteiger partial charge in [0.25, 0.3) is 0 Å². The van der Waals surface area contributed by atoms with Crippen LogP contribution in [0.1, 0.15) is 5.56 Å². The lowest BCUT2D eigenvalue weighted by atomic mass is 10.1. The zero-order valence-corrected chi connectivity index (χ0v) is 11.2. The molecule has 2 nitrogen and oxygen atoms in total. The van der Waals surface area contributed by atoms with Crippen molar-refractivity contribution in [2.45, 2.75) is 6.92 Å². The molecular formula is C13H11BrF2N2. The smallest absolute Gasteiger partial charge is 0.149 e. The summed E-state index contributed by atoms with van der Waals surface area (Å²) >= 11 is 3.34. The molecular weight excluding hydrogens is 302 g/mol. The second kappa shape index (κ2) is 4.94. The monoisotopic (exact) mass is 312 g/mol. The van der Waals surface area contributed by atoms with E-state index in [-0.39, 0.29) is 5.69 Å². The Bertz CT molecular complexity index is 600. The van der Waals surface area contributed by atoms with Crippen LogP contribution in [0.5, 0.6) is 0 Å². The summed E-state index contributed by atoms with van der Waals surface area (Å²) in [6, 6.07) is 6.91. The third-order valence-corrected chi connectivity index (χ3v) is 3.21. The number of hydrogen-bond donors (Lipinski definition) is 2. The van der Waals surface area contributed by atoms with Gasteiger partial charge >= 0.3 is 0 Å². The molecule has 2 aromatic rings. The molecule has 0 fully saturated rings. The molecule has 0 aliphatic carbocycles. The molecule has 94 valence electrons. The van der Waals surface area contributed by atoms with Gasteiger partial charge in [-0.25, -0.2) is 8.78 Å². The molecule has 0 amide bonds. The van der Waals surface area contributed by atoms with Crippen LogP contribution in [-0.4, -0.2) is 0 Å². The van der Waals surface area contributed by atoms with Crippen LogP contribution in [0.15, 0.2) is 34.8 Å². The molecule has 0 atom stereocenters. The van der Waals surface area contributed by atoms with Crippen molar-refractivity contribution in [1.82, 2.24) is 0 Å². The fourth-order valence-electron chi connectivity index (χ4n) is 1.53. The lowest BCUT2D eigenvalue weighted by Crippen LogP contribution is -1.98. The fraction of sp³-hybridized carbons (Fsp3) is 0.0769. The van der Waals surface area contributed by atoms with E-state index in [1.165, 1.54) is 12.1 Å². The van der Waals surface area contributed by atoms with Gasteiger partial charge < -0.3 is 11.1 Å². The van der Waals surface area contributed by atoms with E-state index < -0.39 is 11.6 Å². The molecule has 2 aromatic carbocycles. The molecule has 0 heterocycles. The Balaban J connectivity index is 2.37. The topological polar surface area (TPSA) is 38.0 Å². The van der Waals surface area contributed by atoms with Crippen LogP contribution in [0.25, 0.3) is 0 Å². The van der Waals surface area contributed by atoms with E-state index in [9.17, 15) is 8.78 Å². The number of benzene rings is 2. The second-order valence-electron chi connectivity index (χ2n) is 3.94. The lowest BCUT2D eigenvalue weighted by Gasteiger charge is -2.12. The minimum Gasteiger partial charge on any atom is -0.398 e. The van der Waals surface area contributed by atoms with Crippen LogP contribution in [0, 0.1) is 18.6 Å². The van der Waals surface area contributed by atoms with Crippen molar-refractivity contribution in [2.75, 3.05) is 11.1 Å². The highest BCUT2D eigenvalue weighted by molar-refractivity contribution is 9.10. The average molecular weight is 313 g/mol. The number of nitrogen functional groups attached to an aromatic ring is 1. The molecule has 0 saturated heterocycles. The van der Waals surface area contributed by atoms with E-state index in [2.05, 4.69) is 21.2 Å². The maximum absolute atomic E-state index is 13.5. The van der Waals surface area contributed by atoms with Gasteiger partial charge in [0, 0.05) is 16.2 Å². The van der Waals surface area contributed by atoms with Crippen LogP contribution in [0.4, 0.5) is 25.8 Å². The Morgan fingerprint density at radius 3 is 2.50 bits per heavy atom. The Morgan fingerprint density at radius 1 is 1.11 bits per heavy atom. The van der Waals surface area contributed by atoms with Gasteiger partial charge in [0.2, 0.25) is 0 Å². The molecule has 2 rings (SSSR count). The highest BCUT2D eigenvalue weighted by Crippen LogP contribution is 2.31. The van der Waals surface area contributed by atoms with Crippen molar-refractivity contribution in [1.29, 1.82) is 0 Å². The van der Waals surface area contributed by atoms with Crippen LogP contribution in [0.2, 0.25) is 0 Å². The number of rotatable bonds is 2. The van der Waals surface area contributed by atoms with Crippen LogP contribution < -0.4 is 11.1 Å². The predicted molar refractivity (Wildman–Crippen MR) is 72.9 cm³/mol. The van der Waals surface area contributed by atoms with Crippen LogP contribution in [-0.2, 0) is 0 Å². The zero-order chi connectivity index (χ0) is 13.3. The van der Waals surface area contributed by atoms with Gasteiger partial charge in [-0.05, 0) is 52.7 Å². The zero-order valence-electron chi connectivity index (χ0n) is 9.60. The van der Waals surface area contributed by atoms with Crippen molar-refractivity contribution in [3.63, 3.8) is 0 Å². The summed E-state index contributed by atoms with van der Waals surface area (Å²) < 4.78 is 27.0. The third kappa shape index (κ3) is 2.61. The van der Waals surface area contributed by atoms with Crippen molar-refractivity contribution in [3.05, 3.63) is 52.0 Å². The van der Waals surface area contributed by atoms with E-state index in [1.54, 1.807) is 12.1 Å². The first kappa shape index (κ1) is 12.8. The van der Waals surface area contributed by atoms with Crippen molar-refractivity contribution < 1.29 is 8.78 Å². The van der Waals surface area contributed by atoms with E-state index >= 15 is 0 Å². The van der Waals surface area contributed by atoms with Crippen molar-refractivity contribution in [3.8, 4) is 0 Å². The number of aryl methyl sites for hydroxylation is 1. The molecule has 0 aromatic heterocycles. The number of nitrogens with two attached hydrogens (primary N) is 1. The number of halogens is 3. The number of anilines is 3. The lowest BCUT2D eigenvalue weighted by molar-refractivity contribution is 0.586. The summed E-state index contributed by atoms with van der Waals surface area (Å²) in [7, 11) is 0. The normalized spacial score (nSPS) is 10.4. The predicted octanol–water partition coefficient (Wildman–Crippen LogP) is 4.36. The fourth-order valence-corrected chi connectivity index (χ4v) is 1.99. The van der Waals surface area contributed by atoms with Crippen molar-refractivity contribution >= 4 is 33.0 Å². The number of hydrogen-bond acceptors (Lipinski definition) is 2. The molecule has 18 heavy (non-hydrogen) atoms. The Kier molecular flexibility index (Phi) is 3.52. The van der Waals surface area contributed by atoms with Gasteiger partial charge in [-0.15, -0.1) is 0 Å². The highest BCUT2D eigenvalue weighted by Gasteiger charge is 2.08. The summed E-state index contributed by atoms with van der Waals surface area (Å²) in [6.07, 6.45) is 0. The summed E-state index contributed by atoms with van der Waals surface area (Å²) in [6.45, 7) is 1.86. The van der Waals surface area contributed by atoms with Crippen LogP contribution in [0.3, 0.4) is 0 Å². The largest absolute Gasteiger partial charge is 0.398 e. The molecule has 5 heteroatoms. The summed E-state index contributed by atoms with van der Waals surface area (Å²) in [5.41, 5.74) is 8.16. The molecule has 3 N–H and O–H groups in total. The molecule has 0 radical (unpaired) electrons. The number of nitrogens with one attached hydrogen (secondary N) is 1. The molecule has 0 saturated carbocycles. The maximum atomic E-state index is 13.5. The van der Waals surface area contributed by atoms with Gasteiger partial charge in [-0.1, -0.05) is 0 Å². The van der Waals surface area contributed by atoms with Gasteiger partial charge in [0.1, 0.15) is 11.6 Å². The standard InChI is InChI=1S/C13H11BrF2N2/c1-7-4-13(9(14)6-11(7)17)18-12-3-2-8(15)5-10(12)16/h2-6,18H,17H2,1H3. The van der Waals surface area contributed by atoms with Gasteiger partial charge in [0.15, 0.2) is 0 Å². The first-order chi connectivity index (χ1) is 8.47. The maximum Gasteiger partial charge on any atom is 0.149 e. The molecule has 0 spiro atoms. The Morgan fingerprint density at radius 2 is 1.83 bits per heavy atom. The Labute approximate surface area is 112 Å². The van der Waals surface area contributed by atoms with Gasteiger partial charge in [-0.3, -0.25) is 0 Å². The summed E-state index contributed by atoms with van der Waals surface area (Å²) in [4.78, 5) is 0. The van der Waals surface area contributed by atoms with Gasteiger partial charge in [-0.2, -0.15) is 0 Å². The molecule has 0 aliphatic heterocycles. The minimum atomic E-state index is -0.642. The quantitative estimate of drug-likeness (QED) is 0.808. The van der Waals surface area contributed by atoms with E-state index in [1.807, 2.05) is 6.92 Å². The first-order valence-corrected chi connectivity index (χ1v) is 6.04. The molecule has 0 aliphatic rings. The van der Waals surface area contributed by atoms with E-state index in [0.29, 0.717) is 15.8 Å². The molecule has 0 bridgehead atoms. The van der Waals surface area contributed by atoms with E-state index in [0.717, 1.165) is 11.6 Å². The van der Waals surface area contributed by atoms with Crippen LogP contribution >= 0.6 is 15.9 Å². The van der Waals surface area contributed by atoms with Gasteiger partial charge in [0.05, 0.1) is 11.4 Å². The minimum absolute atomic E-state index is 0.210. The summed E-state index contributed by atoms with van der Waals surface area (Å²) in [5, 5.41) is 2.89. The average Bonchev–Trinajstić information content (AvgIpc) is 2.29.